The second-order valence-electron chi connectivity index (χ2n) is 6.51. The smallest absolute Gasteiger partial charge is 0.0791 e. The molecule has 1 saturated carbocycles. The van der Waals surface area contributed by atoms with Crippen LogP contribution in [-0.4, -0.2) is 60.5 Å². The van der Waals surface area contributed by atoms with E-state index in [1.807, 2.05) is 0 Å². The molecule has 0 aromatic rings. The molecule has 2 rings (SSSR count). The first-order chi connectivity index (χ1) is 9.24. The van der Waals surface area contributed by atoms with Gasteiger partial charge in [0.25, 0.3) is 0 Å². The number of nitrogens with zero attached hydrogens (tertiary/aromatic N) is 1. The summed E-state index contributed by atoms with van der Waals surface area (Å²) in [5.41, 5.74) is 0.0750. The van der Waals surface area contributed by atoms with Crippen molar-refractivity contribution in [1.29, 1.82) is 0 Å². The van der Waals surface area contributed by atoms with Crippen molar-refractivity contribution in [2.24, 2.45) is 5.41 Å². The fourth-order valence-electron chi connectivity index (χ4n) is 3.52. The summed E-state index contributed by atoms with van der Waals surface area (Å²) < 4.78 is 0. The number of aliphatic hydroxyl groups is 2. The molecule has 112 valence electrons. The second-order valence-corrected chi connectivity index (χ2v) is 6.51. The van der Waals surface area contributed by atoms with Gasteiger partial charge >= 0.3 is 0 Å². The quantitative estimate of drug-likeness (QED) is 0.645. The van der Waals surface area contributed by atoms with Crippen LogP contribution in [0.3, 0.4) is 0 Å². The Bertz CT molecular complexity index is 249. The highest BCUT2D eigenvalue weighted by molar-refractivity contribution is 4.85. The molecular weight excluding hydrogens is 240 g/mol. The van der Waals surface area contributed by atoms with Crippen molar-refractivity contribution < 1.29 is 10.2 Å². The number of likely N-dealkylation sites (tertiary alicyclic amines) is 1. The van der Waals surface area contributed by atoms with Gasteiger partial charge in [-0.05, 0) is 38.8 Å². The Balaban J connectivity index is 1.63. The SMILES string of the molecule is OCC1(CNCC(O)CN2CCCC2)CCCCC1. The van der Waals surface area contributed by atoms with Crippen LogP contribution < -0.4 is 5.32 Å². The van der Waals surface area contributed by atoms with E-state index in [4.69, 9.17) is 0 Å². The van der Waals surface area contributed by atoms with Gasteiger partial charge in [-0.15, -0.1) is 0 Å². The van der Waals surface area contributed by atoms with Crippen LogP contribution in [0.5, 0.6) is 0 Å². The van der Waals surface area contributed by atoms with Gasteiger partial charge in [-0.1, -0.05) is 19.3 Å². The fourth-order valence-corrected chi connectivity index (χ4v) is 3.52. The van der Waals surface area contributed by atoms with Gasteiger partial charge in [0.15, 0.2) is 0 Å². The van der Waals surface area contributed by atoms with Gasteiger partial charge in [-0.3, -0.25) is 0 Å². The van der Waals surface area contributed by atoms with E-state index in [2.05, 4.69) is 10.2 Å². The van der Waals surface area contributed by atoms with Crippen molar-refractivity contribution in [2.75, 3.05) is 39.3 Å². The molecule has 1 atom stereocenters. The average Bonchev–Trinajstić information content (AvgIpc) is 2.92. The van der Waals surface area contributed by atoms with Crippen LogP contribution >= 0.6 is 0 Å². The normalized spacial score (nSPS) is 25.6. The first kappa shape index (κ1) is 15.2. The Kier molecular flexibility index (Phi) is 6.07. The summed E-state index contributed by atoms with van der Waals surface area (Å²) in [6.07, 6.45) is 8.28. The minimum atomic E-state index is -0.280. The number of hydrogen-bond donors (Lipinski definition) is 3. The van der Waals surface area contributed by atoms with Crippen LogP contribution in [0, 0.1) is 5.41 Å². The third kappa shape index (κ3) is 4.71. The maximum absolute atomic E-state index is 10.0. The molecular formula is C15H30N2O2. The summed E-state index contributed by atoms with van der Waals surface area (Å²) in [6.45, 7) is 4.84. The second kappa shape index (κ2) is 7.58. The lowest BCUT2D eigenvalue weighted by Gasteiger charge is -2.36. The van der Waals surface area contributed by atoms with Crippen molar-refractivity contribution in [3.63, 3.8) is 0 Å². The van der Waals surface area contributed by atoms with Crippen LogP contribution in [-0.2, 0) is 0 Å². The largest absolute Gasteiger partial charge is 0.396 e. The topological polar surface area (TPSA) is 55.7 Å². The van der Waals surface area contributed by atoms with E-state index in [0.29, 0.717) is 6.54 Å². The Labute approximate surface area is 117 Å². The van der Waals surface area contributed by atoms with Crippen molar-refractivity contribution in [3.05, 3.63) is 0 Å². The molecule has 1 heterocycles. The fraction of sp³-hybridized carbons (Fsp3) is 1.00. The maximum atomic E-state index is 10.0. The standard InChI is InChI=1S/C15H30N2O2/c18-13-15(6-2-1-3-7-15)12-16-10-14(19)11-17-8-4-5-9-17/h14,16,18-19H,1-13H2. The number of β-amino-alcohol motifs (C(OH)–C–C–N with tert-alkyl or cyclic N) is 1. The van der Waals surface area contributed by atoms with Gasteiger partial charge in [0.2, 0.25) is 0 Å². The molecule has 1 aliphatic carbocycles. The highest BCUT2D eigenvalue weighted by Gasteiger charge is 2.31. The zero-order valence-electron chi connectivity index (χ0n) is 12.1. The molecule has 0 bridgehead atoms. The Morgan fingerprint density at radius 1 is 1.05 bits per heavy atom. The lowest BCUT2D eigenvalue weighted by atomic mass is 9.74. The average molecular weight is 270 g/mol. The maximum Gasteiger partial charge on any atom is 0.0791 e. The van der Waals surface area contributed by atoms with Gasteiger partial charge in [-0.2, -0.15) is 0 Å². The summed E-state index contributed by atoms with van der Waals surface area (Å²) in [6, 6.07) is 0. The minimum Gasteiger partial charge on any atom is -0.396 e. The van der Waals surface area contributed by atoms with Crippen LogP contribution in [0.15, 0.2) is 0 Å². The van der Waals surface area contributed by atoms with E-state index in [9.17, 15) is 10.2 Å². The van der Waals surface area contributed by atoms with E-state index in [-0.39, 0.29) is 18.1 Å². The number of aliphatic hydroxyl groups excluding tert-OH is 2. The third-order valence-corrected chi connectivity index (χ3v) is 4.80. The van der Waals surface area contributed by atoms with Crippen LogP contribution in [0.25, 0.3) is 0 Å². The Hall–Kier alpha value is -0.160. The predicted octanol–water partition coefficient (Wildman–Crippen LogP) is 0.975. The van der Waals surface area contributed by atoms with Gasteiger partial charge in [0.1, 0.15) is 0 Å². The molecule has 1 unspecified atom stereocenters. The molecule has 0 aromatic carbocycles. The summed E-state index contributed by atoms with van der Waals surface area (Å²) in [5, 5.41) is 23.0. The van der Waals surface area contributed by atoms with Crippen molar-refractivity contribution >= 4 is 0 Å². The predicted molar refractivity (Wildman–Crippen MR) is 77.2 cm³/mol. The number of rotatable bonds is 7. The van der Waals surface area contributed by atoms with E-state index in [0.717, 1.165) is 39.0 Å². The Morgan fingerprint density at radius 2 is 1.74 bits per heavy atom. The summed E-state index contributed by atoms with van der Waals surface area (Å²) in [7, 11) is 0. The van der Waals surface area contributed by atoms with Crippen molar-refractivity contribution in [1.82, 2.24) is 10.2 Å². The van der Waals surface area contributed by atoms with E-state index >= 15 is 0 Å². The van der Waals surface area contributed by atoms with E-state index in [1.165, 1.54) is 32.1 Å². The van der Waals surface area contributed by atoms with Crippen LogP contribution in [0.4, 0.5) is 0 Å². The van der Waals surface area contributed by atoms with Crippen LogP contribution in [0.1, 0.15) is 44.9 Å². The van der Waals surface area contributed by atoms with Gasteiger partial charge in [0.05, 0.1) is 6.10 Å². The molecule has 2 fully saturated rings. The molecule has 4 heteroatoms. The first-order valence-corrected chi connectivity index (χ1v) is 7.96. The zero-order chi connectivity index (χ0) is 13.6. The van der Waals surface area contributed by atoms with Gasteiger partial charge in [-0.25, -0.2) is 0 Å². The molecule has 0 radical (unpaired) electrons. The minimum absolute atomic E-state index is 0.0750. The molecule has 1 aliphatic heterocycles. The summed E-state index contributed by atoms with van der Waals surface area (Å²) in [4.78, 5) is 2.34. The summed E-state index contributed by atoms with van der Waals surface area (Å²) in [5.74, 6) is 0. The molecule has 19 heavy (non-hydrogen) atoms. The zero-order valence-corrected chi connectivity index (χ0v) is 12.1. The van der Waals surface area contributed by atoms with Gasteiger partial charge < -0.3 is 20.4 Å². The molecule has 0 amide bonds. The Morgan fingerprint density at radius 3 is 2.37 bits per heavy atom. The van der Waals surface area contributed by atoms with E-state index < -0.39 is 0 Å². The molecule has 3 N–H and O–H groups in total. The molecule has 1 saturated heterocycles. The highest BCUT2D eigenvalue weighted by atomic mass is 16.3. The van der Waals surface area contributed by atoms with Crippen molar-refractivity contribution in [3.8, 4) is 0 Å². The molecule has 4 nitrogen and oxygen atoms in total. The summed E-state index contributed by atoms with van der Waals surface area (Å²) >= 11 is 0. The molecule has 2 aliphatic rings. The monoisotopic (exact) mass is 270 g/mol. The van der Waals surface area contributed by atoms with E-state index in [1.54, 1.807) is 0 Å². The number of hydrogen-bond acceptors (Lipinski definition) is 4. The van der Waals surface area contributed by atoms with Gasteiger partial charge in [0, 0.05) is 31.7 Å². The van der Waals surface area contributed by atoms with Crippen molar-refractivity contribution in [2.45, 2.75) is 51.0 Å². The van der Waals surface area contributed by atoms with Crippen LogP contribution in [0.2, 0.25) is 0 Å². The lowest BCUT2D eigenvalue weighted by Crippen LogP contribution is -2.43. The first-order valence-electron chi connectivity index (χ1n) is 7.96. The third-order valence-electron chi connectivity index (χ3n) is 4.80. The molecule has 0 aromatic heterocycles. The number of nitrogens with one attached hydrogen (secondary N) is 1. The molecule has 0 spiro atoms. The highest BCUT2D eigenvalue weighted by Crippen LogP contribution is 2.35. The lowest BCUT2D eigenvalue weighted by molar-refractivity contribution is 0.0717.